The van der Waals surface area contributed by atoms with Gasteiger partial charge in [0.15, 0.2) is 6.29 Å². The lowest BCUT2D eigenvalue weighted by Gasteiger charge is -2.43. The van der Waals surface area contributed by atoms with Gasteiger partial charge in [0.2, 0.25) is 5.79 Å². The Labute approximate surface area is 217 Å². The van der Waals surface area contributed by atoms with Crippen LogP contribution in [-0.2, 0) is 19.0 Å². The van der Waals surface area contributed by atoms with Crippen molar-refractivity contribution in [3.8, 4) is 0 Å². The number of rotatable bonds is 15. The van der Waals surface area contributed by atoms with Crippen molar-refractivity contribution in [1.29, 1.82) is 0 Å². The first kappa shape index (κ1) is 34.1. The van der Waals surface area contributed by atoms with Gasteiger partial charge in [-0.25, -0.2) is 0 Å². The van der Waals surface area contributed by atoms with Gasteiger partial charge in [-0.05, 0) is 6.42 Å². The van der Waals surface area contributed by atoms with Gasteiger partial charge in [0.05, 0.1) is 13.2 Å². The maximum Gasteiger partial charge on any atom is 0.303 e. The van der Waals surface area contributed by atoms with Gasteiger partial charge in [-0.3, -0.25) is 4.79 Å². The summed E-state index contributed by atoms with van der Waals surface area (Å²) in [5, 5.41) is 85.1. The molecular formula is C24H46O13. The van der Waals surface area contributed by atoms with E-state index in [-0.39, 0.29) is 0 Å². The number of aliphatic hydroxyl groups is 8. The zero-order chi connectivity index (χ0) is 28.0. The molecule has 0 radical (unpaired) electrons. The summed E-state index contributed by atoms with van der Waals surface area (Å²) < 4.78 is 15.4. The number of aliphatic hydroxyl groups excluding tert-OH is 8. The summed E-state index contributed by atoms with van der Waals surface area (Å²) in [6.07, 6.45) is -1.17. The molecule has 2 aliphatic heterocycles. The van der Waals surface area contributed by atoms with Gasteiger partial charge in [-0.15, -0.1) is 0 Å². The average molecular weight is 543 g/mol. The molecule has 9 N–H and O–H groups in total. The first-order valence-electron chi connectivity index (χ1n) is 13.0. The molecule has 2 saturated heterocycles. The smallest absolute Gasteiger partial charge is 0.303 e. The topological polar surface area (TPSA) is 227 Å². The first-order valence-corrected chi connectivity index (χ1v) is 13.0. The Morgan fingerprint density at radius 3 is 1.76 bits per heavy atom. The summed E-state index contributed by atoms with van der Waals surface area (Å²) in [5.41, 5.74) is 0. The van der Waals surface area contributed by atoms with Crippen LogP contribution in [0.15, 0.2) is 0 Å². The van der Waals surface area contributed by atoms with Crippen LogP contribution in [0.25, 0.3) is 0 Å². The summed E-state index contributed by atoms with van der Waals surface area (Å²) in [6.45, 7) is -0.0943. The number of hydrogen-bond donors (Lipinski definition) is 9. The zero-order valence-electron chi connectivity index (χ0n) is 21.5. The van der Waals surface area contributed by atoms with E-state index in [0.717, 1.165) is 12.8 Å². The van der Waals surface area contributed by atoms with Crippen molar-refractivity contribution in [3.63, 3.8) is 0 Å². The van der Waals surface area contributed by atoms with Crippen LogP contribution in [0.3, 0.4) is 0 Å². The fourth-order valence-electron chi connectivity index (χ4n) is 4.22. The molecule has 2 heterocycles. The van der Waals surface area contributed by atoms with Crippen molar-refractivity contribution in [2.24, 2.45) is 0 Å². The van der Waals surface area contributed by atoms with Crippen LogP contribution >= 0.6 is 0 Å². The number of carbonyl (C=O) groups is 1. The lowest BCUT2D eigenvalue weighted by molar-refractivity contribution is -0.383. The second-order valence-electron chi connectivity index (χ2n) is 9.53. The average Bonchev–Trinajstić information content (AvgIpc) is 3.13. The molecule has 2 aliphatic rings. The molecule has 2 rings (SSSR count). The van der Waals surface area contributed by atoms with Crippen LogP contribution in [0, 0.1) is 0 Å². The van der Waals surface area contributed by atoms with Crippen molar-refractivity contribution in [3.05, 3.63) is 0 Å². The second kappa shape index (κ2) is 17.6. The molecule has 13 heteroatoms. The molecule has 0 aliphatic carbocycles. The zero-order valence-corrected chi connectivity index (χ0v) is 21.5. The molecule has 0 saturated carbocycles. The van der Waals surface area contributed by atoms with E-state index in [1.807, 2.05) is 0 Å². The van der Waals surface area contributed by atoms with E-state index in [4.69, 9.17) is 29.5 Å². The molecule has 9 atom stereocenters. The minimum Gasteiger partial charge on any atom is -0.481 e. The fraction of sp³-hybridized carbons (Fsp3) is 0.958. The number of hydrogen-bond acceptors (Lipinski definition) is 12. The highest BCUT2D eigenvalue weighted by molar-refractivity contribution is 5.66. The molecule has 37 heavy (non-hydrogen) atoms. The second-order valence-corrected chi connectivity index (χ2v) is 9.53. The standard InChI is InChI=1S/C12H22O11.C12H24O2/c13-1-4-6(16)8(18)9(19)11(21-4)23-12(3-15)10(20)7(17)5(2-14)22-12;1-2-3-4-5-6-7-8-9-10-11-12(13)14/h4-11,13-20H,1-3H2;2-11H2,1H3,(H,13,14)/t4-,5-,6-,7-,8+,9-,10+,11-,12+;/m1./s1. The van der Waals surface area contributed by atoms with Gasteiger partial charge in [0, 0.05) is 6.42 Å². The normalized spacial score (nSPS) is 35.7. The quantitative estimate of drug-likeness (QED) is 0.109. The Kier molecular flexibility index (Phi) is 16.2. The number of carboxylic acids is 1. The Bertz CT molecular complexity index is 621. The number of carboxylic acid groups (broad SMARTS) is 1. The predicted octanol–water partition coefficient (Wildman–Crippen LogP) is -1.40. The molecule has 0 aromatic carbocycles. The van der Waals surface area contributed by atoms with Gasteiger partial charge in [-0.2, -0.15) is 0 Å². The van der Waals surface area contributed by atoms with Gasteiger partial charge < -0.3 is 60.2 Å². The summed E-state index contributed by atoms with van der Waals surface area (Å²) in [4.78, 5) is 10.2. The Hall–Kier alpha value is -0.970. The van der Waals surface area contributed by atoms with Gasteiger partial charge in [0.25, 0.3) is 0 Å². The van der Waals surface area contributed by atoms with Gasteiger partial charge in [-0.1, -0.05) is 58.3 Å². The molecule has 0 bridgehead atoms. The third-order valence-corrected chi connectivity index (χ3v) is 6.56. The fourth-order valence-corrected chi connectivity index (χ4v) is 4.22. The third kappa shape index (κ3) is 10.3. The maximum absolute atomic E-state index is 10.2. The molecule has 0 aromatic heterocycles. The summed E-state index contributed by atoms with van der Waals surface area (Å²) in [6, 6.07) is 0. The van der Waals surface area contributed by atoms with Crippen LogP contribution in [0.5, 0.6) is 0 Å². The predicted molar refractivity (Wildman–Crippen MR) is 128 cm³/mol. The van der Waals surface area contributed by atoms with E-state index < -0.39 is 80.6 Å². The molecular weight excluding hydrogens is 496 g/mol. The molecule has 0 amide bonds. The van der Waals surface area contributed by atoms with Crippen LogP contribution in [0.1, 0.15) is 71.1 Å². The summed E-state index contributed by atoms with van der Waals surface area (Å²) >= 11 is 0. The number of unbranched alkanes of at least 4 members (excludes halogenated alkanes) is 8. The number of aliphatic carboxylic acids is 1. The van der Waals surface area contributed by atoms with Crippen LogP contribution in [0.4, 0.5) is 0 Å². The van der Waals surface area contributed by atoms with E-state index in [0.29, 0.717) is 6.42 Å². The highest BCUT2D eigenvalue weighted by Crippen LogP contribution is 2.35. The van der Waals surface area contributed by atoms with Crippen molar-refractivity contribution < 1.29 is 65.0 Å². The van der Waals surface area contributed by atoms with E-state index in [9.17, 15) is 35.4 Å². The van der Waals surface area contributed by atoms with Crippen molar-refractivity contribution in [1.82, 2.24) is 0 Å². The van der Waals surface area contributed by atoms with Crippen LogP contribution < -0.4 is 0 Å². The van der Waals surface area contributed by atoms with Gasteiger partial charge in [0.1, 0.15) is 49.3 Å². The van der Waals surface area contributed by atoms with Gasteiger partial charge >= 0.3 is 5.97 Å². The Morgan fingerprint density at radius 1 is 0.757 bits per heavy atom. The lowest BCUT2D eigenvalue weighted by Crippen LogP contribution is -2.62. The molecule has 220 valence electrons. The maximum atomic E-state index is 10.2. The van der Waals surface area contributed by atoms with E-state index >= 15 is 0 Å². The lowest BCUT2D eigenvalue weighted by atomic mass is 9.99. The van der Waals surface area contributed by atoms with Crippen molar-refractivity contribution in [2.75, 3.05) is 19.8 Å². The molecule has 2 fully saturated rings. The largest absolute Gasteiger partial charge is 0.481 e. The minimum atomic E-state index is -2.22. The van der Waals surface area contributed by atoms with Crippen LogP contribution in [-0.4, -0.2) is 127 Å². The monoisotopic (exact) mass is 542 g/mol. The van der Waals surface area contributed by atoms with Crippen molar-refractivity contribution in [2.45, 2.75) is 126 Å². The van der Waals surface area contributed by atoms with Crippen molar-refractivity contribution >= 4 is 5.97 Å². The molecule has 0 aromatic rings. The summed E-state index contributed by atoms with van der Waals surface area (Å²) in [7, 11) is 0. The minimum absolute atomic E-state index is 0.343. The SMILES string of the molecule is CCCCCCCCCCCC(=O)O.OC[C@H]1O[C@@](CO)(O[C@H]2O[C@H](CO)[C@@H](O)[C@H](O)[C@H]2O)[C@@H](O)[C@@H]1O. The van der Waals surface area contributed by atoms with Crippen LogP contribution in [0.2, 0.25) is 0 Å². The molecule has 0 spiro atoms. The van der Waals surface area contributed by atoms with E-state index in [2.05, 4.69) is 6.92 Å². The summed E-state index contributed by atoms with van der Waals surface area (Å²) in [5.74, 6) is -2.88. The number of ether oxygens (including phenoxy) is 3. The highest BCUT2D eigenvalue weighted by Gasteiger charge is 2.58. The highest BCUT2D eigenvalue weighted by atomic mass is 16.8. The third-order valence-electron chi connectivity index (χ3n) is 6.56. The Morgan fingerprint density at radius 2 is 1.30 bits per heavy atom. The molecule has 13 nitrogen and oxygen atoms in total. The van der Waals surface area contributed by atoms with E-state index in [1.54, 1.807) is 0 Å². The Balaban J connectivity index is 0.000000422. The molecule has 0 unspecified atom stereocenters. The van der Waals surface area contributed by atoms with E-state index in [1.165, 1.54) is 44.9 Å². The first-order chi connectivity index (χ1) is 17.6.